The van der Waals surface area contributed by atoms with Gasteiger partial charge in [-0.2, -0.15) is 0 Å². The molecule has 15 rings (SSSR count). The lowest BCUT2D eigenvalue weighted by Gasteiger charge is -2.57. The zero-order valence-electron chi connectivity index (χ0n) is 36.8. The summed E-state index contributed by atoms with van der Waals surface area (Å²) in [5, 5.41) is 0. The molecule has 6 aliphatic carbocycles. The molecular formula is C62H52N2O. The highest BCUT2D eigenvalue weighted by molar-refractivity contribution is 5.96. The van der Waals surface area contributed by atoms with E-state index < -0.39 is 5.41 Å². The van der Waals surface area contributed by atoms with Gasteiger partial charge in [-0.05, 0) is 197 Å². The second-order valence-electron chi connectivity index (χ2n) is 20.1. The van der Waals surface area contributed by atoms with E-state index in [1.807, 2.05) is 0 Å². The lowest BCUT2D eigenvalue weighted by atomic mass is 9.48. The van der Waals surface area contributed by atoms with E-state index in [1.165, 1.54) is 106 Å². The Hall–Kier alpha value is -6.84. The van der Waals surface area contributed by atoms with Gasteiger partial charge in [0.05, 0.1) is 17.7 Å². The first-order valence-electron chi connectivity index (χ1n) is 24.2. The van der Waals surface area contributed by atoms with Crippen molar-refractivity contribution < 1.29 is 4.74 Å². The molecule has 1 heterocycles. The molecule has 1 spiro atoms. The highest BCUT2D eigenvalue weighted by atomic mass is 16.5. The summed E-state index contributed by atoms with van der Waals surface area (Å²) in [7, 11) is 0. The molecule has 3 heteroatoms. The second-order valence-corrected chi connectivity index (χ2v) is 20.1. The Bertz CT molecular complexity index is 3010. The maximum atomic E-state index is 6.45. The molecule has 0 unspecified atom stereocenters. The topological polar surface area (TPSA) is 15.7 Å². The zero-order chi connectivity index (χ0) is 42.7. The number of hydrogen-bond donors (Lipinski definition) is 0. The van der Waals surface area contributed by atoms with E-state index in [1.54, 1.807) is 5.56 Å². The first-order chi connectivity index (χ1) is 32.1. The average Bonchev–Trinajstić information content (AvgIpc) is 3.84. The molecule has 8 aromatic carbocycles. The number of hydrogen-bond acceptors (Lipinski definition) is 3. The SMILES string of the molecule is c1ccc2c(c1)CCCOc1ccccc1N2c1ccc(N(c2ccc(C34CC5CC(CC(C5)C3)C4)cc2)c2ccc3c(c2)C2(c4ccccc4-c4ccccc42)c2ccccc2-3)cc1. The summed E-state index contributed by atoms with van der Waals surface area (Å²) in [5.74, 6) is 3.64. The molecule has 4 bridgehead atoms. The third-order valence-electron chi connectivity index (χ3n) is 16.6. The molecule has 4 saturated carbocycles. The summed E-state index contributed by atoms with van der Waals surface area (Å²) in [6.45, 7) is 0.694. The molecule has 65 heavy (non-hydrogen) atoms. The largest absolute Gasteiger partial charge is 0.491 e. The number of nitrogens with zero attached hydrogens (tertiary/aromatic N) is 2. The standard InChI is InChI=1S/C62H52N2O/c1-8-20-58-44(12-1)13-11-33-65-60-22-10-9-21-59(60)64(58)48-29-27-47(28-30-48)63(46-25-23-45(24-26-46)61-38-41-34-42(39-61)36-43(35-41)40-61)49-31-32-53-52-16-4-7-19-56(52)62(57(53)37-49)54-17-5-2-14-50(54)51-15-3-6-18-55(51)62/h1-10,12,14-32,37,41-43H,11,13,33-36,38-40H2. The summed E-state index contributed by atoms with van der Waals surface area (Å²) < 4.78 is 6.45. The van der Waals surface area contributed by atoms with E-state index in [0.29, 0.717) is 12.0 Å². The molecule has 0 amide bonds. The minimum absolute atomic E-state index is 0.343. The fourth-order valence-electron chi connectivity index (χ4n) is 14.4. The Morgan fingerprint density at radius 3 is 1.60 bits per heavy atom. The summed E-state index contributed by atoms with van der Waals surface area (Å²) in [5.41, 5.74) is 20.5. The maximum absolute atomic E-state index is 6.45. The predicted molar refractivity (Wildman–Crippen MR) is 266 cm³/mol. The number of aryl methyl sites for hydroxylation is 1. The van der Waals surface area contributed by atoms with Crippen LogP contribution in [0.1, 0.15) is 78.3 Å². The van der Waals surface area contributed by atoms with Crippen molar-refractivity contribution in [3.63, 3.8) is 0 Å². The monoisotopic (exact) mass is 840 g/mol. The first-order valence-corrected chi connectivity index (χ1v) is 24.2. The van der Waals surface area contributed by atoms with Gasteiger partial charge in [-0.25, -0.2) is 0 Å². The zero-order valence-corrected chi connectivity index (χ0v) is 36.8. The first kappa shape index (κ1) is 37.5. The normalized spacial score (nSPS) is 22.3. The number of rotatable bonds is 5. The fourth-order valence-corrected chi connectivity index (χ4v) is 14.4. The Morgan fingerprint density at radius 2 is 0.969 bits per heavy atom. The van der Waals surface area contributed by atoms with Gasteiger partial charge >= 0.3 is 0 Å². The maximum Gasteiger partial charge on any atom is 0.143 e. The van der Waals surface area contributed by atoms with Gasteiger partial charge < -0.3 is 14.5 Å². The fraction of sp³-hybridized carbons (Fsp3) is 0.226. The van der Waals surface area contributed by atoms with E-state index in [9.17, 15) is 0 Å². The Morgan fingerprint density at radius 1 is 0.462 bits per heavy atom. The van der Waals surface area contributed by atoms with Crippen LogP contribution in [0.5, 0.6) is 5.75 Å². The van der Waals surface area contributed by atoms with Gasteiger partial charge in [0.2, 0.25) is 0 Å². The number of benzene rings is 8. The lowest BCUT2D eigenvalue weighted by molar-refractivity contribution is -0.00518. The van der Waals surface area contributed by atoms with Crippen molar-refractivity contribution in [1.29, 1.82) is 0 Å². The summed E-state index contributed by atoms with van der Waals surface area (Å²) in [4.78, 5) is 4.91. The highest BCUT2D eigenvalue weighted by Crippen LogP contribution is 2.64. The molecule has 316 valence electrons. The summed E-state index contributed by atoms with van der Waals surface area (Å²) >= 11 is 0. The van der Waals surface area contributed by atoms with Crippen LogP contribution in [-0.2, 0) is 17.3 Å². The minimum atomic E-state index is -0.417. The number of anilines is 6. The molecule has 0 saturated heterocycles. The van der Waals surface area contributed by atoms with Gasteiger partial charge in [-0.1, -0.05) is 121 Å². The van der Waals surface area contributed by atoms with E-state index in [4.69, 9.17) is 4.74 Å². The number of ether oxygens (including phenoxy) is 1. The van der Waals surface area contributed by atoms with Gasteiger partial charge in [-0.15, -0.1) is 0 Å². The van der Waals surface area contributed by atoms with E-state index in [0.717, 1.165) is 53.4 Å². The quantitative estimate of drug-likeness (QED) is 0.172. The predicted octanol–water partition coefficient (Wildman–Crippen LogP) is 15.8. The van der Waals surface area contributed by atoms with Gasteiger partial charge in [0.1, 0.15) is 5.75 Å². The lowest BCUT2D eigenvalue weighted by Crippen LogP contribution is -2.48. The Kier molecular flexibility index (Phi) is 8.27. The molecule has 0 atom stereocenters. The highest BCUT2D eigenvalue weighted by Gasteiger charge is 2.53. The molecule has 0 N–H and O–H groups in total. The Labute approximate surface area is 383 Å². The Balaban J connectivity index is 0.941. The number of fused-ring (bicyclic) bond motifs is 12. The smallest absolute Gasteiger partial charge is 0.143 e. The van der Waals surface area contributed by atoms with E-state index in [-0.39, 0.29) is 0 Å². The van der Waals surface area contributed by atoms with Crippen molar-refractivity contribution >= 4 is 34.1 Å². The molecule has 4 fully saturated rings. The van der Waals surface area contributed by atoms with E-state index in [2.05, 4.69) is 198 Å². The van der Waals surface area contributed by atoms with Crippen molar-refractivity contribution in [3.05, 3.63) is 221 Å². The summed E-state index contributed by atoms with van der Waals surface area (Å²) in [6.07, 6.45) is 10.4. The van der Waals surface area contributed by atoms with Crippen LogP contribution >= 0.6 is 0 Å². The summed E-state index contributed by atoms with van der Waals surface area (Å²) in [6, 6.07) is 71.3. The van der Waals surface area contributed by atoms with Gasteiger partial charge in [-0.3, -0.25) is 0 Å². The second kappa shape index (κ2) is 14.3. The third kappa shape index (κ3) is 5.54. The van der Waals surface area contributed by atoms with Crippen molar-refractivity contribution in [2.75, 3.05) is 16.4 Å². The van der Waals surface area contributed by atoms with E-state index >= 15 is 0 Å². The van der Waals surface area contributed by atoms with Gasteiger partial charge in [0, 0.05) is 28.4 Å². The van der Waals surface area contributed by atoms with Crippen LogP contribution in [0.3, 0.4) is 0 Å². The number of para-hydroxylation sites is 3. The molecule has 0 aromatic heterocycles. The molecule has 7 aliphatic rings. The molecule has 1 aliphatic heterocycles. The molecule has 0 radical (unpaired) electrons. The van der Waals surface area contributed by atoms with Crippen molar-refractivity contribution in [3.8, 4) is 28.0 Å². The van der Waals surface area contributed by atoms with Crippen LogP contribution in [0.4, 0.5) is 34.1 Å². The molecule has 3 nitrogen and oxygen atoms in total. The van der Waals surface area contributed by atoms with Crippen LogP contribution in [0.2, 0.25) is 0 Å². The molecular weight excluding hydrogens is 789 g/mol. The van der Waals surface area contributed by atoms with Gasteiger partial charge in [0.25, 0.3) is 0 Å². The van der Waals surface area contributed by atoms with Crippen LogP contribution < -0.4 is 14.5 Å². The van der Waals surface area contributed by atoms with Crippen LogP contribution in [0.25, 0.3) is 22.3 Å². The van der Waals surface area contributed by atoms with Crippen LogP contribution in [-0.4, -0.2) is 6.61 Å². The minimum Gasteiger partial charge on any atom is -0.491 e. The average molecular weight is 841 g/mol. The van der Waals surface area contributed by atoms with Crippen molar-refractivity contribution in [2.45, 2.75) is 62.2 Å². The molecule has 8 aromatic rings. The van der Waals surface area contributed by atoms with Crippen LogP contribution in [0, 0.1) is 17.8 Å². The van der Waals surface area contributed by atoms with Crippen LogP contribution in [0.15, 0.2) is 188 Å². The van der Waals surface area contributed by atoms with Crippen molar-refractivity contribution in [1.82, 2.24) is 0 Å². The third-order valence-corrected chi connectivity index (χ3v) is 16.6. The van der Waals surface area contributed by atoms with Gasteiger partial charge in [0.15, 0.2) is 0 Å². The van der Waals surface area contributed by atoms with Crippen molar-refractivity contribution in [2.24, 2.45) is 17.8 Å².